The van der Waals surface area contributed by atoms with Crippen molar-refractivity contribution in [1.82, 2.24) is 9.55 Å². The fourth-order valence-corrected chi connectivity index (χ4v) is 2.54. The van der Waals surface area contributed by atoms with E-state index in [-0.39, 0.29) is 40.1 Å². The Bertz CT molecular complexity index is 978. The summed E-state index contributed by atoms with van der Waals surface area (Å²) in [6.07, 6.45) is 1.50. The minimum Gasteiger partial charge on any atom is -0.494 e. The highest BCUT2D eigenvalue weighted by Crippen LogP contribution is 2.32. The lowest BCUT2D eigenvalue weighted by molar-refractivity contribution is -0.385. The number of benzene rings is 1. The summed E-state index contributed by atoms with van der Waals surface area (Å²) >= 11 is 0. The number of aromatic nitrogens is 2. The van der Waals surface area contributed by atoms with Crippen molar-refractivity contribution in [2.45, 2.75) is 6.92 Å². The summed E-state index contributed by atoms with van der Waals surface area (Å²) in [5, 5.41) is 33.7. The Morgan fingerprint density at radius 1 is 1.19 bits per heavy atom. The van der Waals surface area contributed by atoms with Crippen molar-refractivity contribution in [2.75, 3.05) is 5.32 Å². The number of anilines is 1. The van der Waals surface area contributed by atoms with Crippen molar-refractivity contribution in [2.24, 2.45) is 0 Å². The van der Waals surface area contributed by atoms with Crippen LogP contribution in [0, 0.1) is 17.0 Å². The molecule has 2 aromatic heterocycles. The van der Waals surface area contributed by atoms with Gasteiger partial charge in [-0.2, -0.15) is 0 Å². The minimum absolute atomic E-state index is 0.0207. The zero-order chi connectivity index (χ0) is 18.8. The third kappa shape index (κ3) is 3.05. The molecule has 0 aliphatic carbocycles. The molecule has 3 N–H and O–H groups in total. The van der Waals surface area contributed by atoms with Crippen LogP contribution >= 0.6 is 0 Å². The second-order valence-corrected chi connectivity index (χ2v) is 5.45. The summed E-state index contributed by atoms with van der Waals surface area (Å²) in [7, 11) is 0. The van der Waals surface area contributed by atoms with Crippen molar-refractivity contribution in [3.8, 4) is 17.4 Å². The number of carbonyl (C=O) groups excluding carboxylic acids is 1. The van der Waals surface area contributed by atoms with E-state index in [1.165, 1.54) is 37.4 Å². The van der Waals surface area contributed by atoms with Gasteiger partial charge in [0.15, 0.2) is 11.8 Å². The molecule has 0 saturated heterocycles. The summed E-state index contributed by atoms with van der Waals surface area (Å²) in [4.78, 5) is 27.3. The van der Waals surface area contributed by atoms with Crippen LogP contribution in [-0.4, -0.2) is 30.6 Å². The van der Waals surface area contributed by atoms with E-state index in [0.717, 1.165) is 4.57 Å². The molecule has 26 heavy (non-hydrogen) atoms. The standard InChI is InChI=1S/C17H14N4O5/c1-10-12(17(24)19-14-4-2-3-7-18-14)8-11(9-13(10)21(25)26)20-15(22)5-6-16(20)23/h2-9,22-23H,1H3,(H,18,19,24). The van der Waals surface area contributed by atoms with E-state index in [2.05, 4.69) is 10.3 Å². The second kappa shape index (κ2) is 6.55. The van der Waals surface area contributed by atoms with Gasteiger partial charge in [-0.15, -0.1) is 0 Å². The third-order valence-corrected chi connectivity index (χ3v) is 3.81. The number of nitro benzene ring substituents is 1. The number of nitro groups is 1. The Kier molecular flexibility index (Phi) is 4.27. The van der Waals surface area contributed by atoms with Gasteiger partial charge in [0, 0.05) is 30.0 Å². The van der Waals surface area contributed by atoms with Gasteiger partial charge in [0.25, 0.3) is 11.6 Å². The first-order valence-corrected chi connectivity index (χ1v) is 7.50. The van der Waals surface area contributed by atoms with Gasteiger partial charge < -0.3 is 15.5 Å². The van der Waals surface area contributed by atoms with Crippen LogP contribution < -0.4 is 5.32 Å². The zero-order valence-corrected chi connectivity index (χ0v) is 13.6. The molecule has 0 unspecified atom stereocenters. The van der Waals surface area contributed by atoms with Crippen molar-refractivity contribution in [3.05, 3.63) is 69.9 Å². The first-order valence-electron chi connectivity index (χ1n) is 7.50. The molecule has 0 atom stereocenters. The topological polar surface area (TPSA) is 131 Å². The van der Waals surface area contributed by atoms with Crippen molar-refractivity contribution in [3.63, 3.8) is 0 Å². The lowest BCUT2D eigenvalue weighted by Gasteiger charge is -2.12. The fraction of sp³-hybridized carbons (Fsp3) is 0.0588. The maximum atomic E-state index is 12.6. The highest BCUT2D eigenvalue weighted by molar-refractivity contribution is 6.05. The van der Waals surface area contributed by atoms with E-state index in [1.54, 1.807) is 18.2 Å². The molecule has 0 saturated carbocycles. The summed E-state index contributed by atoms with van der Waals surface area (Å²) in [6.45, 7) is 1.45. The number of hydrogen-bond donors (Lipinski definition) is 3. The molecule has 0 aliphatic rings. The quantitative estimate of drug-likeness (QED) is 0.488. The molecule has 3 aromatic rings. The summed E-state index contributed by atoms with van der Waals surface area (Å²) in [5.41, 5.74) is -0.0692. The molecule has 0 spiro atoms. The zero-order valence-electron chi connectivity index (χ0n) is 13.6. The molecule has 0 aliphatic heterocycles. The number of aromatic hydroxyl groups is 2. The van der Waals surface area contributed by atoms with E-state index >= 15 is 0 Å². The summed E-state index contributed by atoms with van der Waals surface area (Å²) in [5.74, 6) is -0.956. The van der Waals surface area contributed by atoms with Gasteiger partial charge in [0.05, 0.1) is 16.2 Å². The van der Waals surface area contributed by atoms with E-state index in [9.17, 15) is 25.1 Å². The van der Waals surface area contributed by atoms with Gasteiger partial charge in [-0.3, -0.25) is 19.5 Å². The fourth-order valence-electron chi connectivity index (χ4n) is 2.54. The highest BCUT2D eigenvalue weighted by atomic mass is 16.6. The molecular formula is C17H14N4O5. The van der Waals surface area contributed by atoms with Crippen LogP contribution in [0.15, 0.2) is 48.7 Å². The first-order chi connectivity index (χ1) is 12.4. The average Bonchev–Trinajstić information content (AvgIpc) is 2.94. The second-order valence-electron chi connectivity index (χ2n) is 5.45. The molecule has 9 heteroatoms. The smallest absolute Gasteiger partial charge is 0.275 e. The summed E-state index contributed by atoms with van der Waals surface area (Å²) in [6, 6.07) is 9.93. The molecule has 132 valence electrons. The highest BCUT2D eigenvalue weighted by Gasteiger charge is 2.23. The maximum absolute atomic E-state index is 12.6. The van der Waals surface area contributed by atoms with Crippen molar-refractivity contribution in [1.29, 1.82) is 0 Å². The third-order valence-electron chi connectivity index (χ3n) is 3.81. The molecule has 0 bridgehead atoms. The predicted octanol–water partition coefficient (Wildman–Crippen LogP) is 2.75. The van der Waals surface area contributed by atoms with Gasteiger partial charge in [-0.25, -0.2) is 4.98 Å². The lowest BCUT2D eigenvalue weighted by Crippen LogP contribution is -2.15. The van der Waals surface area contributed by atoms with Gasteiger partial charge in [0.1, 0.15) is 5.82 Å². The van der Waals surface area contributed by atoms with E-state index < -0.39 is 10.8 Å². The van der Waals surface area contributed by atoms with Crippen LogP contribution in [0.1, 0.15) is 15.9 Å². The first kappa shape index (κ1) is 17.0. The van der Waals surface area contributed by atoms with Crippen LogP contribution in [0.5, 0.6) is 11.8 Å². The Morgan fingerprint density at radius 2 is 1.88 bits per heavy atom. The molecule has 2 heterocycles. The molecule has 9 nitrogen and oxygen atoms in total. The molecular weight excluding hydrogens is 340 g/mol. The van der Waals surface area contributed by atoms with Gasteiger partial charge in [-0.05, 0) is 25.1 Å². The largest absolute Gasteiger partial charge is 0.494 e. The van der Waals surface area contributed by atoms with Gasteiger partial charge >= 0.3 is 0 Å². The van der Waals surface area contributed by atoms with Crippen LogP contribution in [-0.2, 0) is 0 Å². The van der Waals surface area contributed by atoms with Crippen LogP contribution in [0.4, 0.5) is 11.5 Å². The average molecular weight is 354 g/mol. The number of nitrogens with one attached hydrogen (secondary N) is 1. The molecule has 1 aromatic carbocycles. The van der Waals surface area contributed by atoms with Crippen molar-refractivity contribution < 1.29 is 19.9 Å². The monoisotopic (exact) mass is 354 g/mol. The SMILES string of the molecule is Cc1c(C(=O)Nc2ccccn2)cc(-n2c(O)ccc2O)cc1[N+](=O)[O-]. The normalized spacial score (nSPS) is 10.5. The number of carbonyl (C=O) groups is 1. The number of nitrogens with zero attached hydrogens (tertiary/aromatic N) is 3. The van der Waals surface area contributed by atoms with Crippen molar-refractivity contribution >= 4 is 17.4 Å². The Labute approximate surface area is 147 Å². The van der Waals surface area contributed by atoms with Gasteiger partial charge in [-0.1, -0.05) is 6.07 Å². The minimum atomic E-state index is -0.631. The van der Waals surface area contributed by atoms with E-state index in [0.29, 0.717) is 0 Å². The molecule has 3 rings (SSSR count). The molecule has 0 radical (unpaired) electrons. The lowest BCUT2D eigenvalue weighted by atomic mass is 10.0. The Balaban J connectivity index is 2.12. The van der Waals surface area contributed by atoms with Crippen LogP contribution in [0.2, 0.25) is 0 Å². The predicted molar refractivity (Wildman–Crippen MR) is 92.7 cm³/mol. The summed E-state index contributed by atoms with van der Waals surface area (Å²) < 4.78 is 0.990. The van der Waals surface area contributed by atoms with Crippen LogP contribution in [0.25, 0.3) is 5.69 Å². The van der Waals surface area contributed by atoms with E-state index in [1.807, 2.05) is 0 Å². The Morgan fingerprint density at radius 3 is 2.46 bits per heavy atom. The molecule has 1 amide bonds. The Hall–Kier alpha value is -3.88. The molecule has 0 fully saturated rings. The number of amides is 1. The van der Waals surface area contributed by atoms with Crippen LogP contribution in [0.3, 0.4) is 0 Å². The van der Waals surface area contributed by atoms with Gasteiger partial charge in [0.2, 0.25) is 0 Å². The number of rotatable bonds is 4. The number of hydrogen-bond acceptors (Lipinski definition) is 6. The van der Waals surface area contributed by atoms with E-state index in [4.69, 9.17) is 0 Å². The maximum Gasteiger partial charge on any atom is 0.275 e. The number of pyridine rings is 1.